The number of carbonyl (C=O) groups is 1. The lowest BCUT2D eigenvalue weighted by molar-refractivity contribution is -0.131. The van der Waals surface area contributed by atoms with Crippen molar-refractivity contribution in [1.82, 2.24) is 9.80 Å². The highest BCUT2D eigenvalue weighted by Gasteiger charge is 2.31. The van der Waals surface area contributed by atoms with E-state index in [1.807, 2.05) is 36.1 Å². The molecule has 1 heterocycles. The fourth-order valence-electron chi connectivity index (χ4n) is 2.72. The van der Waals surface area contributed by atoms with E-state index in [1.54, 1.807) is 19.0 Å². The van der Waals surface area contributed by atoms with E-state index in [2.05, 4.69) is 0 Å². The van der Waals surface area contributed by atoms with Crippen molar-refractivity contribution in [1.29, 1.82) is 0 Å². The first kappa shape index (κ1) is 18.7. The molecular formula is C17H26N2O4S. The first-order valence-corrected chi connectivity index (χ1v) is 9.94. The van der Waals surface area contributed by atoms with Crippen molar-refractivity contribution in [3.63, 3.8) is 0 Å². The van der Waals surface area contributed by atoms with Crippen molar-refractivity contribution < 1.29 is 17.9 Å². The van der Waals surface area contributed by atoms with E-state index in [-0.39, 0.29) is 30.0 Å². The predicted molar refractivity (Wildman–Crippen MR) is 94.0 cm³/mol. The van der Waals surface area contributed by atoms with E-state index in [1.165, 1.54) is 0 Å². The van der Waals surface area contributed by atoms with Crippen LogP contribution in [0.5, 0.6) is 5.75 Å². The molecule has 0 saturated carbocycles. The van der Waals surface area contributed by atoms with Crippen LogP contribution in [-0.4, -0.2) is 75.5 Å². The number of rotatable bonds is 7. The van der Waals surface area contributed by atoms with Gasteiger partial charge in [0.05, 0.1) is 24.6 Å². The van der Waals surface area contributed by atoms with Crippen LogP contribution < -0.4 is 4.74 Å². The van der Waals surface area contributed by atoms with Crippen molar-refractivity contribution in [3.8, 4) is 5.75 Å². The first-order valence-electron chi connectivity index (χ1n) is 8.11. The second kappa shape index (κ2) is 7.98. The standard InChI is InChI=1S/C17H26N2O4S/c1-14-6-4-5-7-16(14)23-10-9-18(2)17(20)12-19(3)15-8-11-24(21,22)13-15/h4-7,15H,8-13H2,1-3H3. The normalized spacial score (nSPS) is 19.4. The molecule has 1 aliphatic heterocycles. The molecule has 6 nitrogen and oxygen atoms in total. The van der Waals surface area contributed by atoms with Gasteiger partial charge in [-0.25, -0.2) is 8.42 Å². The summed E-state index contributed by atoms with van der Waals surface area (Å²) in [5.74, 6) is 1.16. The number of amides is 1. The van der Waals surface area contributed by atoms with Crippen molar-refractivity contribution in [2.75, 3.05) is 45.3 Å². The second-order valence-corrected chi connectivity index (χ2v) is 8.63. The Morgan fingerprint density at radius 2 is 2.00 bits per heavy atom. The van der Waals surface area contributed by atoms with Gasteiger partial charge in [0, 0.05) is 13.1 Å². The SMILES string of the molecule is Cc1ccccc1OCCN(C)C(=O)CN(C)C1CCS(=O)(=O)C1. The van der Waals surface area contributed by atoms with Crippen LogP contribution in [0.2, 0.25) is 0 Å². The monoisotopic (exact) mass is 354 g/mol. The highest BCUT2D eigenvalue weighted by Crippen LogP contribution is 2.17. The number of nitrogens with zero attached hydrogens (tertiary/aromatic N) is 2. The van der Waals surface area contributed by atoms with Crippen LogP contribution in [0.1, 0.15) is 12.0 Å². The molecule has 1 amide bonds. The maximum absolute atomic E-state index is 12.3. The molecule has 1 aromatic rings. The number of para-hydroxylation sites is 1. The summed E-state index contributed by atoms with van der Waals surface area (Å²) in [6.45, 7) is 3.12. The van der Waals surface area contributed by atoms with E-state index in [9.17, 15) is 13.2 Å². The molecule has 0 bridgehead atoms. The van der Waals surface area contributed by atoms with Gasteiger partial charge in [-0.3, -0.25) is 9.69 Å². The summed E-state index contributed by atoms with van der Waals surface area (Å²) in [4.78, 5) is 15.7. The topological polar surface area (TPSA) is 66.9 Å². The van der Waals surface area contributed by atoms with Crippen molar-refractivity contribution in [3.05, 3.63) is 29.8 Å². The van der Waals surface area contributed by atoms with Crippen molar-refractivity contribution in [2.45, 2.75) is 19.4 Å². The van der Waals surface area contributed by atoms with Crippen molar-refractivity contribution >= 4 is 15.7 Å². The smallest absolute Gasteiger partial charge is 0.236 e. The molecule has 1 saturated heterocycles. The molecule has 0 aromatic heterocycles. The Labute approximate surface area is 144 Å². The molecule has 1 unspecified atom stereocenters. The Kier molecular flexibility index (Phi) is 6.23. The van der Waals surface area contributed by atoms with E-state index in [0.29, 0.717) is 19.6 Å². The lowest BCUT2D eigenvalue weighted by Gasteiger charge is -2.25. The minimum atomic E-state index is -2.93. The minimum absolute atomic E-state index is 0.0322. The summed E-state index contributed by atoms with van der Waals surface area (Å²) in [6.07, 6.45) is 0.603. The maximum Gasteiger partial charge on any atom is 0.236 e. The zero-order chi connectivity index (χ0) is 17.7. The third-order valence-electron chi connectivity index (χ3n) is 4.42. The fraction of sp³-hybridized carbons (Fsp3) is 0.588. The third kappa shape index (κ3) is 5.21. The Morgan fingerprint density at radius 1 is 1.29 bits per heavy atom. The van der Waals surface area contributed by atoms with Crippen LogP contribution in [0.3, 0.4) is 0 Å². The molecule has 1 aromatic carbocycles. The Hall–Kier alpha value is -1.60. The molecule has 1 aliphatic rings. The zero-order valence-corrected chi connectivity index (χ0v) is 15.4. The lowest BCUT2D eigenvalue weighted by atomic mass is 10.2. The first-order chi connectivity index (χ1) is 11.3. The summed E-state index contributed by atoms with van der Waals surface area (Å²) in [5.41, 5.74) is 1.06. The van der Waals surface area contributed by atoms with Gasteiger partial charge >= 0.3 is 0 Å². The van der Waals surface area contributed by atoms with E-state index < -0.39 is 9.84 Å². The third-order valence-corrected chi connectivity index (χ3v) is 6.17. The molecule has 0 N–H and O–H groups in total. The number of likely N-dealkylation sites (N-methyl/N-ethyl adjacent to an activating group) is 2. The molecule has 2 rings (SSSR count). The van der Waals surface area contributed by atoms with Gasteiger partial charge < -0.3 is 9.64 Å². The van der Waals surface area contributed by atoms with Gasteiger partial charge in [0.1, 0.15) is 12.4 Å². The average Bonchev–Trinajstić information content (AvgIpc) is 2.89. The average molecular weight is 354 g/mol. The van der Waals surface area contributed by atoms with Gasteiger partial charge in [-0.15, -0.1) is 0 Å². The summed E-state index contributed by atoms with van der Waals surface area (Å²) in [7, 11) is 0.613. The van der Waals surface area contributed by atoms with E-state index in [0.717, 1.165) is 11.3 Å². The summed E-state index contributed by atoms with van der Waals surface area (Å²) in [5, 5.41) is 0. The molecule has 0 radical (unpaired) electrons. The maximum atomic E-state index is 12.3. The highest BCUT2D eigenvalue weighted by atomic mass is 32.2. The number of hydrogen-bond donors (Lipinski definition) is 0. The molecule has 1 fully saturated rings. The zero-order valence-electron chi connectivity index (χ0n) is 14.6. The van der Waals surface area contributed by atoms with E-state index in [4.69, 9.17) is 4.74 Å². The quantitative estimate of drug-likeness (QED) is 0.729. The number of sulfone groups is 1. The molecule has 134 valence electrons. The minimum Gasteiger partial charge on any atom is -0.491 e. The van der Waals surface area contributed by atoms with Crippen molar-refractivity contribution in [2.24, 2.45) is 0 Å². The van der Waals surface area contributed by atoms with Gasteiger partial charge in [-0.1, -0.05) is 18.2 Å². The molecule has 0 aliphatic carbocycles. The van der Waals surface area contributed by atoms with Crippen LogP contribution >= 0.6 is 0 Å². The molecule has 7 heteroatoms. The molecular weight excluding hydrogens is 328 g/mol. The Bertz CT molecular complexity index is 675. The number of ether oxygens (including phenoxy) is 1. The lowest BCUT2D eigenvalue weighted by Crippen LogP contribution is -2.42. The fourth-order valence-corrected chi connectivity index (χ4v) is 4.53. The number of benzene rings is 1. The van der Waals surface area contributed by atoms with Crippen LogP contribution in [-0.2, 0) is 14.6 Å². The van der Waals surface area contributed by atoms with Gasteiger partial charge in [-0.2, -0.15) is 0 Å². The second-order valence-electron chi connectivity index (χ2n) is 6.40. The summed E-state index contributed by atoms with van der Waals surface area (Å²) >= 11 is 0. The molecule has 0 spiro atoms. The largest absolute Gasteiger partial charge is 0.491 e. The molecule has 24 heavy (non-hydrogen) atoms. The van der Waals surface area contributed by atoms with Gasteiger partial charge in [0.25, 0.3) is 0 Å². The van der Waals surface area contributed by atoms with Gasteiger partial charge in [0.15, 0.2) is 9.84 Å². The van der Waals surface area contributed by atoms with Gasteiger partial charge in [0.2, 0.25) is 5.91 Å². The Morgan fingerprint density at radius 3 is 2.62 bits per heavy atom. The number of carbonyl (C=O) groups excluding carboxylic acids is 1. The van der Waals surface area contributed by atoms with Crippen LogP contribution in [0.4, 0.5) is 0 Å². The molecule has 1 atom stereocenters. The van der Waals surface area contributed by atoms with Crippen LogP contribution in [0.25, 0.3) is 0 Å². The van der Waals surface area contributed by atoms with Gasteiger partial charge in [-0.05, 0) is 32.0 Å². The summed E-state index contributed by atoms with van der Waals surface area (Å²) in [6, 6.07) is 7.70. The van der Waals surface area contributed by atoms with Crippen LogP contribution in [0.15, 0.2) is 24.3 Å². The number of aryl methyl sites for hydroxylation is 1. The number of hydrogen-bond acceptors (Lipinski definition) is 5. The Balaban J connectivity index is 1.75. The predicted octanol–water partition coefficient (Wildman–Crippen LogP) is 0.951. The highest BCUT2D eigenvalue weighted by molar-refractivity contribution is 7.91. The van der Waals surface area contributed by atoms with Crippen LogP contribution in [0, 0.1) is 6.92 Å². The summed E-state index contributed by atoms with van der Waals surface area (Å²) < 4.78 is 28.8. The van der Waals surface area contributed by atoms with E-state index >= 15 is 0 Å².